The predicted octanol–water partition coefficient (Wildman–Crippen LogP) is 3.75. The molecule has 0 bridgehead atoms. The molecule has 0 spiro atoms. The molecule has 25 nitrogen and oxygen atoms in total. The molecule has 0 unspecified atom stereocenters. The highest BCUT2D eigenvalue weighted by Crippen LogP contribution is 2.26. The lowest BCUT2D eigenvalue weighted by molar-refractivity contribution is -0.157. The van der Waals surface area contributed by atoms with E-state index >= 15 is 28.8 Å². The molecule has 0 aromatic heterocycles. The molecule has 0 saturated carbocycles. The standard InChI is InChI=1S/C69H124N12O13/c1-25-27-30-46(15)58(82)57-62(86)72-49(26-2)64(88)78(22)54(39-94-34-33-81-31-28-29-32-81)67(91)74(18)51(36-41(5)6)61(85)73-55(44(11)12)68(92)75(19)50(35-40(3)4)60(84)70-47(16)59(83)71-48(17)63(87)76(20)52(37-42(7)8)65(89)77(21)53(38-43(9)10)66(90)79(23)56(45(13)14)69(93)80(57)24/h25,27,40-58,82H,26,28-39H2,1-24H3,(H,70,84)(H,71,83)(H,72,86)(H,73,85)/t46-,47+,48-,49+,50+,51+,52+,53+,54-,55+,56+,57+,58-/m1/s1. The monoisotopic (exact) mass is 1330 g/mol. The van der Waals surface area contributed by atoms with Gasteiger partial charge in [0.15, 0.2) is 0 Å². The Morgan fingerprint density at radius 3 is 1.35 bits per heavy atom. The first-order chi connectivity index (χ1) is 43.7. The van der Waals surface area contributed by atoms with Crippen LogP contribution in [0.2, 0.25) is 0 Å². The fourth-order valence-electron chi connectivity index (χ4n) is 12.4. The zero-order valence-electron chi connectivity index (χ0n) is 61.7. The predicted molar refractivity (Wildman–Crippen MR) is 364 cm³/mol. The van der Waals surface area contributed by atoms with Gasteiger partial charge in [-0.3, -0.25) is 52.7 Å². The second-order valence-electron chi connectivity index (χ2n) is 28.9. The van der Waals surface area contributed by atoms with E-state index in [2.05, 4.69) is 26.2 Å². The Morgan fingerprint density at radius 2 is 0.883 bits per heavy atom. The van der Waals surface area contributed by atoms with E-state index in [1.807, 2.05) is 68.4 Å². The quantitative estimate of drug-likeness (QED) is 0.0858. The number of hydrogen-bond donors (Lipinski definition) is 5. The van der Waals surface area contributed by atoms with Crippen molar-refractivity contribution in [2.24, 2.45) is 41.4 Å². The number of hydrogen-bond acceptors (Lipinski definition) is 14. The highest BCUT2D eigenvalue weighted by Gasteiger charge is 2.46. The maximum atomic E-state index is 15.4. The smallest absolute Gasteiger partial charge is 0.248 e. The van der Waals surface area contributed by atoms with Gasteiger partial charge in [0, 0.05) is 55.9 Å². The fraction of sp³-hybridized carbons (Fsp3) is 0.812. The largest absolute Gasteiger partial charge is 0.390 e. The van der Waals surface area contributed by atoms with Crippen molar-refractivity contribution in [2.45, 2.75) is 242 Å². The van der Waals surface area contributed by atoms with Crippen LogP contribution >= 0.6 is 0 Å². The molecule has 2 rings (SSSR count). The highest BCUT2D eigenvalue weighted by atomic mass is 16.5. The number of carbonyl (C=O) groups is 11. The molecule has 0 aromatic carbocycles. The van der Waals surface area contributed by atoms with E-state index in [0.717, 1.165) is 30.8 Å². The number of nitrogens with one attached hydrogen (secondary N) is 4. The number of amides is 11. The summed E-state index contributed by atoms with van der Waals surface area (Å²) in [5.41, 5.74) is 0. The summed E-state index contributed by atoms with van der Waals surface area (Å²) in [6, 6.07) is -14.0. The third kappa shape index (κ3) is 23.6. The zero-order chi connectivity index (χ0) is 72.1. The van der Waals surface area contributed by atoms with E-state index in [-0.39, 0.29) is 69.0 Å². The van der Waals surface area contributed by atoms with Crippen LogP contribution in [-0.2, 0) is 57.5 Å². The summed E-state index contributed by atoms with van der Waals surface area (Å²) in [6.45, 7) is 32.2. The van der Waals surface area contributed by atoms with Gasteiger partial charge in [-0.2, -0.15) is 0 Å². The molecular weight excluding hydrogens is 1200 g/mol. The topological polar surface area (TPSA) is 291 Å². The van der Waals surface area contributed by atoms with Gasteiger partial charge in [-0.25, -0.2) is 0 Å². The van der Waals surface area contributed by atoms with Crippen molar-refractivity contribution < 1.29 is 62.6 Å². The third-order valence-electron chi connectivity index (χ3n) is 18.4. The number of rotatable bonds is 20. The molecule has 2 aliphatic rings. The Labute approximate surface area is 563 Å². The first-order valence-electron chi connectivity index (χ1n) is 34.4. The molecule has 11 amide bonds. The van der Waals surface area contributed by atoms with Gasteiger partial charge in [0.05, 0.1) is 19.3 Å². The van der Waals surface area contributed by atoms with Crippen LogP contribution < -0.4 is 21.3 Å². The number of carbonyl (C=O) groups excluding carboxylic acids is 11. The van der Waals surface area contributed by atoms with Crippen molar-refractivity contribution in [3.63, 3.8) is 0 Å². The molecule has 2 fully saturated rings. The Morgan fingerprint density at radius 1 is 0.468 bits per heavy atom. The fourth-order valence-corrected chi connectivity index (χ4v) is 12.4. The van der Waals surface area contributed by atoms with Crippen LogP contribution in [0.1, 0.15) is 169 Å². The lowest BCUT2D eigenvalue weighted by atomic mass is 9.91. The maximum absolute atomic E-state index is 15.4. The van der Waals surface area contributed by atoms with Crippen LogP contribution in [-0.4, -0.2) is 264 Å². The molecule has 0 aliphatic carbocycles. The Hall–Kier alpha value is -6.21. The summed E-state index contributed by atoms with van der Waals surface area (Å²) in [5, 5.41) is 23.5. The Bertz CT molecular complexity index is 2560. The van der Waals surface area contributed by atoms with E-state index < -0.39 is 155 Å². The molecule has 2 saturated heterocycles. The first kappa shape index (κ1) is 83.9. The molecular formula is C69H124N12O13. The van der Waals surface area contributed by atoms with E-state index in [4.69, 9.17) is 4.74 Å². The van der Waals surface area contributed by atoms with Crippen LogP contribution in [0.15, 0.2) is 12.2 Å². The molecule has 0 aromatic rings. The van der Waals surface area contributed by atoms with E-state index in [1.54, 1.807) is 47.6 Å². The van der Waals surface area contributed by atoms with E-state index in [1.165, 1.54) is 92.6 Å². The molecule has 0 radical (unpaired) electrons. The highest BCUT2D eigenvalue weighted by molar-refractivity contribution is 6.00. The van der Waals surface area contributed by atoms with E-state index in [9.17, 15) is 29.1 Å². The average Bonchev–Trinajstić information content (AvgIpc) is 0.858. The average molecular weight is 1330 g/mol. The van der Waals surface area contributed by atoms with Crippen molar-refractivity contribution in [3.8, 4) is 0 Å². The number of ether oxygens (including phenoxy) is 1. The molecule has 2 heterocycles. The van der Waals surface area contributed by atoms with Crippen molar-refractivity contribution in [1.82, 2.24) is 60.5 Å². The normalized spacial score (nSPS) is 27.3. The lowest BCUT2D eigenvalue weighted by Crippen LogP contribution is -2.64. The maximum Gasteiger partial charge on any atom is 0.248 e. The minimum atomic E-state index is -1.65. The molecule has 13 atom stereocenters. The Kier molecular flexibility index (Phi) is 34.9. The molecule has 25 heteroatoms. The molecule has 5 N–H and O–H groups in total. The lowest BCUT2D eigenvalue weighted by Gasteiger charge is -2.41. The SMILES string of the molecule is CC=CC[C@@H](C)[C@@H](O)[C@H]1C(=O)N[C@@H](CC)C(=O)N(C)[C@H](COCCN2CCCC2)C(=O)N(C)[C@@H](CC(C)C)C(=O)N[C@@H](C(C)C)C(=O)N(C)[C@@H](CC(C)C)C(=O)N[C@@H](C)C(=O)N[C@H](C)C(=O)N(C)[C@@H](CC(C)C)C(=O)N(C)[C@@H](CC(C)C)C(=O)N(C)[C@@H](C(C)C)C(=O)N1C. The number of likely N-dealkylation sites (N-methyl/N-ethyl adjacent to an activating group) is 7. The minimum Gasteiger partial charge on any atom is -0.390 e. The number of likely N-dealkylation sites (tertiary alicyclic amines) is 1. The van der Waals surface area contributed by atoms with Crippen molar-refractivity contribution in [2.75, 3.05) is 82.2 Å². The van der Waals surface area contributed by atoms with Crippen LogP contribution in [0.25, 0.3) is 0 Å². The number of aliphatic hydroxyl groups excluding tert-OH is 1. The molecule has 538 valence electrons. The summed E-state index contributed by atoms with van der Waals surface area (Å²) in [7, 11) is 10.0. The summed E-state index contributed by atoms with van der Waals surface area (Å²) in [4.78, 5) is 175. The summed E-state index contributed by atoms with van der Waals surface area (Å²) in [6.07, 6.45) is 4.97. The van der Waals surface area contributed by atoms with Crippen LogP contribution in [0, 0.1) is 41.4 Å². The van der Waals surface area contributed by atoms with Crippen molar-refractivity contribution >= 4 is 65.0 Å². The van der Waals surface area contributed by atoms with Gasteiger partial charge in [0.25, 0.3) is 0 Å². The Balaban J connectivity index is 3.09. The summed E-state index contributed by atoms with van der Waals surface area (Å²) in [5.74, 6) is -10.0. The van der Waals surface area contributed by atoms with Crippen molar-refractivity contribution in [3.05, 3.63) is 12.2 Å². The van der Waals surface area contributed by atoms with Gasteiger partial charge in [0.2, 0.25) is 65.0 Å². The van der Waals surface area contributed by atoms with Gasteiger partial charge in [-0.15, -0.1) is 0 Å². The van der Waals surface area contributed by atoms with Crippen LogP contribution in [0.4, 0.5) is 0 Å². The van der Waals surface area contributed by atoms with Gasteiger partial charge < -0.3 is 70.3 Å². The number of aliphatic hydroxyl groups is 1. The van der Waals surface area contributed by atoms with Crippen LogP contribution in [0.3, 0.4) is 0 Å². The minimum absolute atomic E-state index is 0.0163. The first-order valence-corrected chi connectivity index (χ1v) is 34.4. The zero-order valence-corrected chi connectivity index (χ0v) is 61.7. The third-order valence-corrected chi connectivity index (χ3v) is 18.4. The second kappa shape index (κ2) is 39.1. The van der Waals surface area contributed by atoms with Gasteiger partial charge in [-0.1, -0.05) is 109 Å². The van der Waals surface area contributed by atoms with Crippen molar-refractivity contribution in [1.29, 1.82) is 0 Å². The second-order valence-corrected chi connectivity index (χ2v) is 28.9. The van der Waals surface area contributed by atoms with Gasteiger partial charge >= 0.3 is 0 Å². The van der Waals surface area contributed by atoms with Gasteiger partial charge in [-0.05, 0) is 127 Å². The molecule has 94 heavy (non-hydrogen) atoms. The van der Waals surface area contributed by atoms with Gasteiger partial charge in [0.1, 0.15) is 66.5 Å². The summed E-state index contributed by atoms with van der Waals surface area (Å²) < 4.78 is 6.23. The molecule has 2 aliphatic heterocycles. The number of allylic oxidation sites excluding steroid dienone is 2. The van der Waals surface area contributed by atoms with E-state index in [0.29, 0.717) is 13.0 Å². The number of nitrogens with zero attached hydrogens (tertiary/aromatic N) is 8. The van der Waals surface area contributed by atoms with Crippen LogP contribution in [0.5, 0.6) is 0 Å². The summed E-state index contributed by atoms with van der Waals surface area (Å²) >= 11 is 0.